The Balaban J connectivity index is 1.31. The van der Waals surface area contributed by atoms with E-state index in [0.717, 1.165) is 11.8 Å². The summed E-state index contributed by atoms with van der Waals surface area (Å²) in [6.45, 7) is 1.88. The maximum Gasteiger partial charge on any atom is 0.280 e. The van der Waals surface area contributed by atoms with Crippen molar-refractivity contribution in [2.24, 2.45) is 11.8 Å². The van der Waals surface area contributed by atoms with Crippen molar-refractivity contribution in [2.75, 3.05) is 24.5 Å². The number of nitrogens with zero attached hydrogens (tertiary/aromatic N) is 4. The number of benzene rings is 1. The van der Waals surface area contributed by atoms with Gasteiger partial charge in [-0.15, -0.1) is 0 Å². The van der Waals surface area contributed by atoms with Crippen LogP contribution in [0, 0.1) is 11.8 Å². The Kier molecular flexibility index (Phi) is 6.11. The molecule has 31 heavy (non-hydrogen) atoms. The summed E-state index contributed by atoms with van der Waals surface area (Å²) in [5.41, 5.74) is -0.204. The Morgan fingerprint density at radius 2 is 1.84 bits per heavy atom. The molecule has 7 nitrogen and oxygen atoms in total. The SMILES string of the molecule is O=C(C1CC(=O)N(c2ccccc2)C1)N1CCC(Cn2cnc(C(F)F)cc2=O)CC1. The van der Waals surface area contributed by atoms with Gasteiger partial charge < -0.3 is 9.80 Å². The van der Waals surface area contributed by atoms with Gasteiger partial charge in [-0.3, -0.25) is 19.0 Å². The summed E-state index contributed by atoms with van der Waals surface area (Å²) in [4.78, 5) is 44.5. The molecule has 2 saturated heterocycles. The molecule has 1 aromatic heterocycles. The zero-order valence-electron chi connectivity index (χ0n) is 17.0. The number of anilines is 1. The van der Waals surface area contributed by atoms with Gasteiger partial charge in [-0.05, 0) is 30.9 Å². The number of amides is 2. The van der Waals surface area contributed by atoms with E-state index in [2.05, 4.69) is 4.98 Å². The van der Waals surface area contributed by atoms with Crippen LogP contribution in [0.3, 0.4) is 0 Å². The molecule has 2 amide bonds. The predicted octanol–water partition coefficient (Wildman–Crippen LogP) is 2.47. The van der Waals surface area contributed by atoms with Crippen molar-refractivity contribution in [3.05, 3.63) is 58.8 Å². The molecule has 4 rings (SSSR count). The molecule has 9 heteroatoms. The lowest BCUT2D eigenvalue weighted by Crippen LogP contribution is -2.43. The molecule has 3 heterocycles. The zero-order chi connectivity index (χ0) is 22.0. The second-order valence-electron chi connectivity index (χ2n) is 8.11. The van der Waals surface area contributed by atoms with Crippen molar-refractivity contribution in [1.29, 1.82) is 0 Å². The van der Waals surface area contributed by atoms with E-state index in [-0.39, 0.29) is 30.1 Å². The Hall–Kier alpha value is -3.10. The van der Waals surface area contributed by atoms with Crippen molar-refractivity contribution in [3.8, 4) is 0 Å². The van der Waals surface area contributed by atoms with E-state index in [1.165, 1.54) is 10.9 Å². The van der Waals surface area contributed by atoms with Crippen LogP contribution in [0.25, 0.3) is 0 Å². The number of hydrogen-bond donors (Lipinski definition) is 0. The first-order chi connectivity index (χ1) is 14.9. The number of likely N-dealkylation sites (tertiary alicyclic amines) is 1. The van der Waals surface area contributed by atoms with E-state index in [9.17, 15) is 23.2 Å². The molecule has 2 aliphatic heterocycles. The minimum absolute atomic E-state index is 0.00893. The molecular weight excluding hydrogens is 406 g/mol. The predicted molar refractivity (Wildman–Crippen MR) is 110 cm³/mol. The van der Waals surface area contributed by atoms with Crippen LogP contribution in [0.1, 0.15) is 31.4 Å². The van der Waals surface area contributed by atoms with Crippen molar-refractivity contribution in [3.63, 3.8) is 0 Å². The van der Waals surface area contributed by atoms with E-state index >= 15 is 0 Å². The highest BCUT2D eigenvalue weighted by Gasteiger charge is 2.38. The van der Waals surface area contributed by atoms with E-state index in [0.29, 0.717) is 39.0 Å². The summed E-state index contributed by atoms with van der Waals surface area (Å²) >= 11 is 0. The quantitative estimate of drug-likeness (QED) is 0.731. The monoisotopic (exact) mass is 430 g/mol. The number of piperidine rings is 1. The Labute approximate surface area is 178 Å². The highest BCUT2D eigenvalue weighted by Crippen LogP contribution is 2.28. The summed E-state index contributed by atoms with van der Waals surface area (Å²) in [5.74, 6) is -0.242. The van der Waals surface area contributed by atoms with Crippen molar-refractivity contribution in [1.82, 2.24) is 14.5 Å². The highest BCUT2D eigenvalue weighted by molar-refractivity contribution is 6.00. The molecule has 1 unspecified atom stereocenters. The van der Waals surface area contributed by atoms with Gasteiger partial charge in [-0.25, -0.2) is 13.8 Å². The molecule has 0 spiro atoms. The maximum absolute atomic E-state index is 13.0. The van der Waals surface area contributed by atoms with Gasteiger partial charge in [-0.1, -0.05) is 18.2 Å². The van der Waals surface area contributed by atoms with Crippen LogP contribution in [0.15, 0.2) is 47.5 Å². The first-order valence-electron chi connectivity index (χ1n) is 10.4. The summed E-state index contributed by atoms with van der Waals surface area (Å²) in [5, 5.41) is 0. The van der Waals surface area contributed by atoms with Crippen LogP contribution in [-0.4, -0.2) is 45.9 Å². The molecular formula is C22H24F2N4O3. The van der Waals surface area contributed by atoms with E-state index in [1.807, 2.05) is 30.3 Å². The standard InChI is InChI=1S/C22H24F2N4O3/c23-21(24)18-11-19(29)27(14-25-18)12-15-6-8-26(9-7-15)22(31)16-10-20(30)28(13-16)17-4-2-1-3-5-17/h1-5,11,14-16,21H,6-10,12-13H2. The second kappa shape index (κ2) is 8.95. The molecule has 1 aromatic carbocycles. The van der Waals surface area contributed by atoms with Crippen LogP contribution < -0.4 is 10.5 Å². The number of hydrogen-bond acceptors (Lipinski definition) is 4. The molecule has 2 fully saturated rings. The Bertz CT molecular complexity index is 1000. The van der Waals surface area contributed by atoms with Crippen molar-refractivity contribution >= 4 is 17.5 Å². The zero-order valence-corrected chi connectivity index (χ0v) is 17.0. The largest absolute Gasteiger partial charge is 0.342 e. The van der Waals surface area contributed by atoms with Crippen LogP contribution in [0.2, 0.25) is 0 Å². The van der Waals surface area contributed by atoms with Gasteiger partial charge in [0.05, 0.1) is 12.2 Å². The molecule has 0 radical (unpaired) electrons. The van der Waals surface area contributed by atoms with Crippen LogP contribution in [0.5, 0.6) is 0 Å². The van der Waals surface area contributed by atoms with Crippen LogP contribution >= 0.6 is 0 Å². The van der Waals surface area contributed by atoms with Gasteiger partial charge in [0.25, 0.3) is 12.0 Å². The van der Waals surface area contributed by atoms with Gasteiger partial charge in [0.2, 0.25) is 11.8 Å². The second-order valence-corrected chi connectivity index (χ2v) is 8.11. The fourth-order valence-electron chi connectivity index (χ4n) is 4.30. The van der Waals surface area contributed by atoms with E-state index < -0.39 is 17.7 Å². The number of rotatable bonds is 5. The van der Waals surface area contributed by atoms with Gasteiger partial charge in [0.15, 0.2) is 0 Å². The lowest BCUT2D eigenvalue weighted by molar-refractivity contribution is -0.137. The summed E-state index contributed by atoms with van der Waals surface area (Å²) in [7, 11) is 0. The van der Waals surface area contributed by atoms with Gasteiger partial charge in [0.1, 0.15) is 5.69 Å². The smallest absolute Gasteiger partial charge is 0.280 e. The fourth-order valence-corrected chi connectivity index (χ4v) is 4.30. The third-order valence-corrected chi connectivity index (χ3v) is 6.05. The maximum atomic E-state index is 13.0. The summed E-state index contributed by atoms with van der Waals surface area (Å²) < 4.78 is 26.7. The summed E-state index contributed by atoms with van der Waals surface area (Å²) in [6, 6.07) is 10.2. The number of carbonyl (C=O) groups is 2. The third kappa shape index (κ3) is 4.65. The molecule has 164 valence electrons. The number of aromatic nitrogens is 2. The number of halogens is 2. The molecule has 0 saturated carbocycles. The minimum atomic E-state index is -2.77. The number of alkyl halides is 2. The third-order valence-electron chi connectivity index (χ3n) is 6.05. The van der Waals surface area contributed by atoms with Crippen LogP contribution in [0.4, 0.5) is 14.5 Å². The van der Waals surface area contributed by atoms with E-state index in [4.69, 9.17) is 0 Å². The van der Waals surface area contributed by atoms with Crippen LogP contribution in [-0.2, 0) is 16.1 Å². The Morgan fingerprint density at radius 1 is 1.13 bits per heavy atom. The van der Waals surface area contributed by atoms with E-state index in [1.54, 1.807) is 9.80 Å². The molecule has 0 N–H and O–H groups in total. The lowest BCUT2D eigenvalue weighted by atomic mass is 9.95. The van der Waals surface area contributed by atoms with Crippen molar-refractivity contribution < 1.29 is 18.4 Å². The average molecular weight is 430 g/mol. The first-order valence-corrected chi connectivity index (χ1v) is 10.4. The molecule has 2 aliphatic rings. The minimum Gasteiger partial charge on any atom is -0.342 e. The Morgan fingerprint density at radius 3 is 2.48 bits per heavy atom. The molecule has 0 aliphatic carbocycles. The van der Waals surface area contributed by atoms with Gasteiger partial charge >= 0.3 is 0 Å². The molecule has 0 bridgehead atoms. The normalized spacial score (nSPS) is 20.0. The first kappa shape index (κ1) is 21.1. The number of carbonyl (C=O) groups excluding carboxylic acids is 2. The summed E-state index contributed by atoms with van der Waals surface area (Å²) in [6.07, 6.45) is 0.0294. The molecule has 2 aromatic rings. The fraction of sp³-hybridized carbons (Fsp3) is 0.455. The highest BCUT2D eigenvalue weighted by atomic mass is 19.3. The lowest BCUT2D eigenvalue weighted by Gasteiger charge is -2.33. The molecule has 1 atom stereocenters. The average Bonchev–Trinajstić information content (AvgIpc) is 3.17. The van der Waals surface area contributed by atoms with Gasteiger partial charge in [-0.2, -0.15) is 0 Å². The van der Waals surface area contributed by atoms with Gasteiger partial charge in [0, 0.05) is 44.4 Å². The number of para-hydroxylation sites is 1. The topological polar surface area (TPSA) is 75.5 Å². The van der Waals surface area contributed by atoms with Crippen molar-refractivity contribution in [2.45, 2.75) is 32.2 Å².